The quantitative estimate of drug-likeness (QED) is 0.229. The van der Waals surface area contributed by atoms with Crippen molar-refractivity contribution in [3.63, 3.8) is 0 Å². The van der Waals surface area contributed by atoms with Crippen LogP contribution in [0.2, 0.25) is 5.02 Å². The van der Waals surface area contributed by atoms with Gasteiger partial charge in [-0.25, -0.2) is 4.98 Å². The van der Waals surface area contributed by atoms with Gasteiger partial charge in [0.15, 0.2) is 6.29 Å². The fraction of sp³-hybridized carbons (Fsp3) is 0.353. The summed E-state index contributed by atoms with van der Waals surface area (Å²) >= 11 is 6.20. The highest BCUT2D eigenvalue weighted by Crippen LogP contribution is 2.43. The molecule has 1 fully saturated rings. The van der Waals surface area contributed by atoms with Gasteiger partial charge in [0.1, 0.15) is 17.1 Å². The van der Waals surface area contributed by atoms with Crippen LogP contribution < -0.4 is 9.64 Å². The molecule has 212 valence electrons. The van der Waals surface area contributed by atoms with Gasteiger partial charge in [0, 0.05) is 60.6 Å². The number of aromatic amines is 1. The van der Waals surface area contributed by atoms with Gasteiger partial charge >= 0.3 is 0 Å². The number of carbonyl (C=O) groups is 1. The Morgan fingerprint density at radius 3 is 2.73 bits per heavy atom. The summed E-state index contributed by atoms with van der Waals surface area (Å²) in [6.45, 7) is 10.9. The number of carbonyl (C=O) groups excluding carboxylic acids is 1. The summed E-state index contributed by atoms with van der Waals surface area (Å²) in [6, 6.07) is 18.5. The Kier molecular flexibility index (Phi) is 7.62. The number of hydrogen-bond acceptors (Lipinski definition) is 5. The van der Waals surface area contributed by atoms with Crippen LogP contribution in [0.5, 0.6) is 11.5 Å². The van der Waals surface area contributed by atoms with Gasteiger partial charge in [0.2, 0.25) is 0 Å². The topological polar surface area (TPSA) is 61.5 Å². The zero-order valence-electron chi connectivity index (χ0n) is 24.0. The molecule has 0 unspecified atom stereocenters. The van der Waals surface area contributed by atoms with Crippen molar-refractivity contribution in [1.82, 2.24) is 14.9 Å². The Balaban J connectivity index is 1.19. The summed E-state index contributed by atoms with van der Waals surface area (Å²) in [7, 11) is 0. The van der Waals surface area contributed by atoms with E-state index in [2.05, 4.69) is 52.7 Å². The van der Waals surface area contributed by atoms with Gasteiger partial charge < -0.3 is 14.6 Å². The lowest BCUT2D eigenvalue weighted by Gasteiger charge is -2.43. The standard InChI is InChI=1S/C34H37ClN4O2/c1-23-20-39(29-9-6-26(22-40)32(17-29)41-30-16-25-11-13-36-33(25)37-19-30)15-14-38(23)21-27-18-34(2,3)12-10-31(27)24-4-7-28(35)8-5-24/h4-9,11,13,16-17,19,22-23H,10,12,14-15,18,20-21H2,1-3H3,(H,36,37)/t23-/m1/s1. The molecule has 6 rings (SSSR count). The van der Waals surface area contributed by atoms with Crippen molar-refractivity contribution in [2.45, 2.75) is 46.1 Å². The molecule has 2 aromatic carbocycles. The number of nitrogens with zero attached hydrogens (tertiary/aromatic N) is 3. The number of H-pyrrole nitrogens is 1. The average molecular weight is 569 g/mol. The van der Waals surface area contributed by atoms with Crippen molar-refractivity contribution in [3.05, 3.63) is 88.7 Å². The maximum atomic E-state index is 11.8. The first-order chi connectivity index (χ1) is 19.8. The number of aromatic nitrogens is 2. The van der Waals surface area contributed by atoms with E-state index in [1.807, 2.05) is 48.7 Å². The highest BCUT2D eigenvalue weighted by atomic mass is 35.5. The predicted octanol–water partition coefficient (Wildman–Crippen LogP) is 8.00. The minimum Gasteiger partial charge on any atom is -0.455 e. The highest BCUT2D eigenvalue weighted by Gasteiger charge is 2.31. The Bertz CT molecular complexity index is 1590. The third-order valence-corrected chi connectivity index (χ3v) is 8.87. The van der Waals surface area contributed by atoms with Gasteiger partial charge in [0.05, 0.1) is 11.8 Å². The third kappa shape index (κ3) is 6.04. The van der Waals surface area contributed by atoms with E-state index in [-0.39, 0.29) is 0 Å². The molecule has 1 aliphatic carbocycles. The molecule has 0 spiro atoms. The van der Waals surface area contributed by atoms with E-state index in [0.29, 0.717) is 28.5 Å². The van der Waals surface area contributed by atoms with Gasteiger partial charge in [-0.1, -0.05) is 43.2 Å². The summed E-state index contributed by atoms with van der Waals surface area (Å²) in [6.07, 6.45) is 7.81. The monoisotopic (exact) mass is 568 g/mol. The number of aldehydes is 1. The van der Waals surface area contributed by atoms with Gasteiger partial charge in [-0.2, -0.15) is 0 Å². The first-order valence-electron chi connectivity index (χ1n) is 14.4. The molecule has 4 aromatic rings. The number of hydrogen-bond donors (Lipinski definition) is 1. The van der Waals surface area contributed by atoms with Crippen LogP contribution in [-0.2, 0) is 0 Å². The number of piperazine rings is 1. The van der Waals surface area contributed by atoms with E-state index in [0.717, 1.165) is 67.1 Å². The molecule has 1 N–H and O–H groups in total. The second kappa shape index (κ2) is 11.3. The molecule has 0 radical (unpaired) electrons. The van der Waals surface area contributed by atoms with Crippen LogP contribution in [0.1, 0.15) is 56.0 Å². The summed E-state index contributed by atoms with van der Waals surface area (Å²) in [5, 5.41) is 1.75. The first kappa shape index (κ1) is 27.6. The third-order valence-electron chi connectivity index (χ3n) is 8.61. The van der Waals surface area contributed by atoms with Crippen molar-refractivity contribution in [3.8, 4) is 11.5 Å². The van der Waals surface area contributed by atoms with E-state index in [1.165, 1.54) is 17.6 Å². The number of rotatable bonds is 7. The summed E-state index contributed by atoms with van der Waals surface area (Å²) in [5.41, 5.74) is 7.07. The Hall–Kier alpha value is -3.61. The lowest BCUT2D eigenvalue weighted by molar-refractivity contribution is 0.112. The number of ether oxygens (including phenoxy) is 1. The molecule has 1 aliphatic heterocycles. The first-order valence-corrected chi connectivity index (χ1v) is 14.8. The summed E-state index contributed by atoms with van der Waals surface area (Å²) in [4.78, 5) is 24.3. The van der Waals surface area contributed by atoms with Crippen LogP contribution in [0.25, 0.3) is 16.6 Å². The maximum Gasteiger partial charge on any atom is 0.153 e. The number of nitrogens with one attached hydrogen (secondary N) is 1. The van der Waals surface area contributed by atoms with Crippen LogP contribution >= 0.6 is 11.6 Å². The molecule has 0 bridgehead atoms. The van der Waals surface area contributed by atoms with Gasteiger partial charge in [-0.3, -0.25) is 9.69 Å². The molecule has 1 saturated heterocycles. The largest absolute Gasteiger partial charge is 0.455 e. The lowest BCUT2D eigenvalue weighted by atomic mass is 9.72. The van der Waals surface area contributed by atoms with E-state index in [4.69, 9.17) is 16.3 Å². The Morgan fingerprint density at radius 2 is 1.95 bits per heavy atom. The van der Waals surface area contributed by atoms with Crippen LogP contribution in [0.3, 0.4) is 0 Å². The minimum atomic E-state index is 0.314. The molecule has 1 atom stereocenters. The second-order valence-corrected chi connectivity index (χ2v) is 12.7. The average Bonchev–Trinajstić information content (AvgIpc) is 3.42. The highest BCUT2D eigenvalue weighted by molar-refractivity contribution is 6.30. The van der Waals surface area contributed by atoms with Crippen molar-refractivity contribution >= 4 is 40.2 Å². The lowest BCUT2D eigenvalue weighted by Crippen LogP contribution is -2.52. The SMILES string of the molecule is C[C@@H]1CN(c2ccc(C=O)c(Oc3cnc4[nH]ccc4c3)c2)CCN1CC1=C(c2ccc(Cl)cc2)CCC(C)(C)C1. The molecule has 6 nitrogen and oxygen atoms in total. The number of benzene rings is 2. The fourth-order valence-corrected chi connectivity index (χ4v) is 6.41. The number of halogens is 1. The normalized spacial score (nSPS) is 19.5. The van der Waals surface area contributed by atoms with E-state index >= 15 is 0 Å². The fourth-order valence-electron chi connectivity index (χ4n) is 6.28. The number of fused-ring (bicyclic) bond motifs is 1. The molecule has 3 heterocycles. The van der Waals surface area contributed by atoms with Crippen LogP contribution in [0, 0.1) is 5.41 Å². The molecule has 2 aromatic heterocycles. The summed E-state index contributed by atoms with van der Waals surface area (Å²) in [5.74, 6) is 1.15. The van der Waals surface area contributed by atoms with Gasteiger partial charge in [0.25, 0.3) is 0 Å². The predicted molar refractivity (Wildman–Crippen MR) is 167 cm³/mol. The summed E-state index contributed by atoms with van der Waals surface area (Å²) < 4.78 is 6.18. The molecular weight excluding hydrogens is 532 g/mol. The number of anilines is 1. The number of allylic oxidation sites excluding steroid dienone is 1. The zero-order chi connectivity index (χ0) is 28.6. The molecule has 0 saturated carbocycles. The minimum absolute atomic E-state index is 0.314. The number of pyridine rings is 1. The Labute approximate surface area is 247 Å². The second-order valence-electron chi connectivity index (χ2n) is 12.2. The zero-order valence-corrected chi connectivity index (χ0v) is 24.7. The van der Waals surface area contributed by atoms with Gasteiger partial charge in [-0.05, 0) is 79.1 Å². The molecular formula is C34H37ClN4O2. The van der Waals surface area contributed by atoms with Gasteiger partial charge in [-0.15, -0.1) is 0 Å². The molecule has 2 aliphatic rings. The van der Waals surface area contributed by atoms with E-state index in [9.17, 15) is 4.79 Å². The molecule has 0 amide bonds. The maximum absolute atomic E-state index is 11.8. The van der Waals surface area contributed by atoms with Crippen molar-refractivity contribution in [2.24, 2.45) is 5.41 Å². The van der Waals surface area contributed by atoms with Crippen LogP contribution in [0.15, 0.2) is 72.6 Å². The van der Waals surface area contributed by atoms with E-state index < -0.39 is 0 Å². The van der Waals surface area contributed by atoms with Crippen LogP contribution in [-0.4, -0.2) is 53.4 Å². The Morgan fingerprint density at radius 1 is 1.12 bits per heavy atom. The smallest absolute Gasteiger partial charge is 0.153 e. The molecule has 41 heavy (non-hydrogen) atoms. The molecule has 7 heteroatoms. The van der Waals surface area contributed by atoms with Crippen molar-refractivity contribution < 1.29 is 9.53 Å². The van der Waals surface area contributed by atoms with Crippen molar-refractivity contribution in [2.75, 3.05) is 31.1 Å². The van der Waals surface area contributed by atoms with E-state index in [1.54, 1.807) is 11.8 Å². The van der Waals surface area contributed by atoms with Crippen LogP contribution in [0.4, 0.5) is 5.69 Å². The van der Waals surface area contributed by atoms with Crippen molar-refractivity contribution in [1.29, 1.82) is 0 Å².